The van der Waals surface area contributed by atoms with E-state index in [9.17, 15) is 9.59 Å². The Bertz CT molecular complexity index is 965. The number of urea groups is 1. The van der Waals surface area contributed by atoms with Crippen molar-refractivity contribution in [3.63, 3.8) is 0 Å². The molecule has 1 unspecified atom stereocenters. The summed E-state index contributed by atoms with van der Waals surface area (Å²) in [5.41, 5.74) is 5.55. The fourth-order valence-corrected chi connectivity index (χ4v) is 3.93. The third kappa shape index (κ3) is 2.77. The van der Waals surface area contributed by atoms with Crippen LogP contribution < -0.4 is 21.3 Å². The van der Waals surface area contributed by atoms with Crippen LogP contribution in [0.1, 0.15) is 24.0 Å². The molecule has 10 nitrogen and oxygen atoms in total. The van der Waals surface area contributed by atoms with E-state index < -0.39 is 11.6 Å². The van der Waals surface area contributed by atoms with Gasteiger partial charge in [0.05, 0.1) is 6.20 Å². The molecule has 2 aromatic heterocycles. The third-order valence-corrected chi connectivity index (χ3v) is 5.33. The van der Waals surface area contributed by atoms with E-state index in [1.54, 1.807) is 24.5 Å². The summed E-state index contributed by atoms with van der Waals surface area (Å²) in [4.78, 5) is 39.2. The van der Waals surface area contributed by atoms with Gasteiger partial charge in [-0.25, -0.2) is 9.78 Å². The van der Waals surface area contributed by atoms with E-state index in [0.717, 1.165) is 0 Å². The van der Waals surface area contributed by atoms with Gasteiger partial charge in [-0.2, -0.15) is 10.2 Å². The Morgan fingerprint density at radius 1 is 1.29 bits per heavy atom. The van der Waals surface area contributed by atoms with Gasteiger partial charge < -0.3 is 16.0 Å². The predicted molar refractivity (Wildman–Crippen MR) is 98.7 cm³/mol. The lowest BCUT2D eigenvalue weighted by atomic mass is 9.73. The molecule has 10 heteroatoms. The summed E-state index contributed by atoms with van der Waals surface area (Å²) < 4.78 is 0. The first kappa shape index (κ1) is 17.7. The maximum Gasteiger partial charge on any atom is 0.322 e. The number of imide groups is 1. The number of nitriles is 1. The van der Waals surface area contributed by atoms with Crippen LogP contribution in [-0.4, -0.2) is 40.0 Å². The molecule has 28 heavy (non-hydrogen) atoms. The van der Waals surface area contributed by atoms with E-state index in [4.69, 9.17) is 11.0 Å². The number of anilines is 2. The number of pyridine rings is 1. The summed E-state index contributed by atoms with van der Waals surface area (Å²) in [6.07, 6.45) is 5.91. The average Bonchev–Trinajstić information content (AvgIpc) is 3.03. The Kier molecular flexibility index (Phi) is 4.27. The van der Waals surface area contributed by atoms with Crippen molar-refractivity contribution in [2.45, 2.75) is 18.4 Å². The lowest BCUT2D eigenvalue weighted by molar-refractivity contribution is -0.126. The van der Waals surface area contributed by atoms with E-state index in [1.807, 2.05) is 11.0 Å². The van der Waals surface area contributed by atoms with E-state index in [0.29, 0.717) is 37.4 Å². The van der Waals surface area contributed by atoms with Crippen LogP contribution in [0.3, 0.4) is 0 Å². The van der Waals surface area contributed by atoms with Gasteiger partial charge in [-0.1, -0.05) is 6.07 Å². The average molecular weight is 378 g/mol. The molecule has 4 rings (SSSR count). The van der Waals surface area contributed by atoms with E-state index in [-0.39, 0.29) is 23.2 Å². The molecular formula is C18H18N8O2. The topological polar surface area (TPSA) is 150 Å². The zero-order chi connectivity index (χ0) is 19.7. The molecule has 1 atom stereocenters. The van der Waals surface area contributed by atoms with Gasteiger partial charge in [0.15, 0.2) is 5.54 Å². The van der Waals surface area contributed by atoms with Crippen molar-refractivity contribution in [1.82, 2.24) is 25.6 Å². The number of nitrogens with one attached hydrogen (secondary N) is 2. The van der Waals surface area contributed by atoms with Gasteiger partial charge in [-0.3, -0.25) is 15.1 Å². The Labute approximate surface area is 160 Å². The number of amides is 3. The Morgan fingerprint density at radius 2 is 2.07 bits per heavy atom. The Hall–Kier alpha value is -3.74. The highest BCUT2D eigenvalue weighted by atomic mass is 16.2. The molecular weight excluding hydrogens is 360 g/mol. The predicted octanol–water partition coefficient (Wildman–Crippen LogP) is 0.277. The second kappa shape index (κ2) is 6.77. The van der Waals surface area contributed by atoms with Crippen LogP contribution >= 0.6 is 0 Å². The van der Waals surface area contributed by atoms with Crippen LogP contribution in [0.4, 0.5) is 16.6 Å². The molecule has 142 valence electrons. The maximum atomic E-state index is 12.8. The molecule has 2 aliphatic rings. The zero-order valence-electron chi connectivity index (χ0n) is 14.9. The van der Waals surface area contributed by atoms with Crippen molar-refractivity contribution in [2.75, 3.05) is 23.7 Å². The van der Waals surface area contributed by atoms with Gasteiger partial charge in [0.1, 0.15) is 17.5 Å². The van der Waals surface area contributed by atoms with Gasteiger partial charge in [0.2, 0.25) is 5.95 Å². The second-order valence-corrected chi connectivity index (χ2v) is 6.80. The molecule has 2 fully saturated rings. The number of carbonyl (C=O) groups is 2. The lowest BCUT2D eigenvalue weighted by Crippen LogP contribution is -2.53. The highest BCUT2D eigenvalue weighted by Crippen LogP contribution is 2.39. The van der Waals surface area contributed by atoms with Crippen LogP contribution in [0, 0.1) is 17.2 Å². The van der Waals surface area contributed by atoms with Crippen molar-refractivity contribution in [1.29, 1.82) is 5.26 Å². The number of rotatable bonds is 3. The highest BCUT2D eigenvalue weighted by Gasteiger charge is 2.53. The van der Waals surface area contributed by atoms with Crippen LogP contribution in [0.2, 0.25) is 0 Å². The lowest BCUT2D eigenvalue weighted by Gasteiger charge is -2.40. The number of hydrogen-bond donors (Lipinski definition) is 3. The van der Waals surface area contributed by atoms with E-state index in [1.165, 1.54) is 6.20 Å². The first-order valence-corrected chi connectivity index (χ1v) is 8.86. The van der Waals surface area contributed by atoms with Crippen molar-refractivity contribution >= 4 is 23.7 Å². The Morgan fingerprint density at radius 3 is 2.64 bits per heavy atom. The molecule has 0 bridgehead atoms. The summed E-state index contributed by atoms with van der Waals surface area (Å²) in [5.74, 6) is 0.118. The van der Waals surface area contributed by atoms with Gasteiger partial charge in [-0.05, 0) is 24.8 Å². The molecule has 0 aromatic carbocycles. The summed E-state index contributed by atoms with van der Waals surface area (Å²) in [5, 5.41) is 14.2. The van der Waals surface area contributed by atoms with Crippen LogP contribution in [0.25, 0.3) is 0 Å². The quantitative estimate of drug-likeness (QED) is 0.644. The van der Waals surface area contributed by atoms with Crippen molar-refractivity contribution in [3.05, 3.63) is 41.9 Å². The van der Waals surface area contributed by atoms with Crippen LogP contribution in [-0.2, 0) is 10.3 Å². The van der Waals surface area contributed by atoms with Crippen LogP contribution in [0.15, 0.2) is 30.7 Å². The SMILES string of the molecule is N#Cc1cnc(N2CCC(C3(c4cccnc4)NC(=O)NC3=O)CC2)nc1N. The Balaban J connectivity index is 1.58. The number of aromatic nitrogens is 3. The summed E-state index contributed by atoms with van der Waals surface area (Å²) in [7, 11) is 0. The standard InChI is InChI=1S/C18H18N8O2/c19-8-11-9-22-16(23-14(11)20)26-6-3-12(4-7-26)18(13-2-1-5-21-10-13)15(27)24-17(28)25-18/h1-2,5,9-10,12H,3-4,6-7H2,(H2,20,22,23)(H2,24,25,27,28). The molecule has 2 saturated heterocycles. The first-order valence-electron chi connectivity index (χ1n) is 8.86. The van der Waals surface area contributed by atoms with Gasteiger partial charge in [-0.15, -0.1) is 0 Å². The minimum absolute atomic E-state index is 0.116. The summed E-state index contributed by atoms with van der Waals surface area (Å²) in [6.45, 7) is 1.17. The molecule has 4 N–H and O–H groups in total. The normalized spacial score (nSPS) is 22.5. The van der Waals surface area contributed by atoms with E-state index in [2.05, 4.69) is 25.6 Å². The van der Waals surface area contributed by atoms with Crippen molar-refractivity contribution in [3.8, 4) is 6.07 Å². The number of nitrogen functional groups attached to an aromatic ring is 1. The molecule has 0 radical (unpaired) electrons. The summed E-state index contributed by atoms with van der Waals surface area (Å²) >= 11 is 0. The molecule has 0 aliphatic carbocycles. The number of piperidine rings is 1. The molecule has 4 heterocycles. The highest BCUT2D eigenvalue weighted by molar-refractivity contribution is 6.07. The fraction of sp³-hybridized carbons (Fsp3) is 0.333. The number of nitrogens with zero attached hydrogens (tertiary/aromatic N) is 5. The molecule has 3 amide bonds. The molecule has 2 aromatic rings. The second-order valence-electron chi connectivity index (χ2n) is 6.80. The monoisotopic (exact) mass is 378 g/mol. The van der Waals surface area contributed by atoms with Crippen molar-refractivity contribution in [2.24, 2.45) is 5.92 Å². The van der Waals surface area contributed by atoms with Gasteiger partial charge in [0.25, 0.3) is 5.91 Å². The van der Waals surface area contributed by atoms with Crippen LogP contribution in [0.5, 0.6) is 0 Å². The zero-order valence-corrected chi connectivity index (χ0v) is 14.9. The van der Waals surface area contributed by atoms with E-state index >= 15 is 0 Å². The van der Waals surface area contributed by atoms with Gasteiger partial charge in [0, 0.05) is 31.0 Å². The minimum atomic E-state index is -1.14. The molecule has 2 aliphatic heterocycles. The number of hydrogen-bond acceptors (Lipinski definition) is 8. The number of carbonyl (C=O) groups excluding carboxylic acids is 2. The number of nitrogens with two attached hydrogens (primary N) is 1. The molecule has 0 spiro atoms. The third-order valence-electron chi connectivity index (χ3n) is 5.33. The fourth-order valence-electron chi connectivity index (χ4n) is 3.93. The van der Waals surface area contributed by atoms with Gasteiger partial charge >= 0.3 is 6.03 Å². The first-order chi connectivity index (χ1) is 13.5. The van der Waals surface area contributed by atoms with Crippen molar-refractivity contribution < 1.29 is 9.59 Å². The molecule has 0 saturated carbocycles. The smallest absolute Gasteiger partial charge is 0.322 e. The largest absolute Gasteiger partial charge is 0.382 e. The maximum absolute atomic E-state index is 12.8. The summed E-state index contributed by atoms with van der Waals surface area (Å²) in [6, 6.07) is 4.99. The minimum Gasteiger partial charge on any atom is -0.382 e.